The predicted octanol–water partition coefficient (Wildman–Crippen LogP) is 1.63. The molecule has 7 heteroatoms. The number of carboxylic acid groups (broad SMARTS) is 1. The van der Waals surface area contributed by atoms with Gasteiger partial charge in [-0.15, -0.1) is 0 Å². The lowest BCUT2D eigenvalue weighted by atomic mass is 9.98. The number of aromatic nitrogens is 1. The number of amides is 2. The van der Waals surface area contributed by atoms with E-state index in [-0.39, 0.29) is 5.91 Å². The lowest BCUT2D eigenvalue weighted by molar-refractivity contribution is -0.142. The molecule has 0 spiro atoms. The predicted molar refractivity (Wildman–Crippen MR) is 88.7 cm³/mol. The zero-order chi connectivity index (χ0) is 17.7. The van der Waals surface area contributed by atoms with Crippen LogP contribution < -0.4 is 0 Å². The lowest BCUT2D eigenvalue weighted by Gasteiger charge is -2.41. The summed E-state index contributed by atoms with van der Waals surface area (Å²) >= 11 is 0. The van der Waals surface area contributed by atoms with Gasteiger partial charge in [-0.2, -0.15) is 0 Å². The fourth-order valence-corrected chi connectivity index (χ4v) is 2.91. The van der Waals surface area contributed by atoms with Crippen molar-refractivity contribution in [1.82, 2.24) is 14.8 Å². The average molecular weight is 335 g/mol. The average Bonchev–Trinajstić information content (AvgIpc) is 2.53. The standard InChI is InChI=1S/C17H25N3O4/c1-17(2,3)20(16(22)23)14(11-13-5-4-6-18-12-13)15(21)19-7-9-24-10-8-19/h4-6,12,14H,7-11H2,1-3H3,(H,22,23)/t14-/m0/s1. The van der Waals surface area contributed by atoms with Crippen molar-refractivity contribution in [3.63, 3.8) is 0 Å². The second kappa shape index (κ2) is 7.61. The van der Waals surface area contributed by atoms with Crippen molar-refractivity contribution in [3.8, 4) is 0 Å². The van der Waals surface area contributed by atoms with Crippen LogP contribution in [0.2, 0.25) is 0 Å². The van der Waals surface area contributed by atoms with Crippen molar-refractivity contribution in [3.05, 3.63) is 30.1 Å². The molecular weight excluding hydrogens is 310 g/mol. The Morgan fingerprint density at radius 2 is 2.04 bits per heavy atom. The van der Waals surface area contributed by atoms with Gasteiger partial charge < -0.3 is 14.7 Å². The molecular formula is C17H25N3O4. The monoisotopic (exact) mass is 335 g/mol. The van der Waals surface area contributed by atoms with Crippen LogP contribution in [0.3, 0.4) is 0 Å². The number of pyridine rings is 1. The topological polar surface area (TPSA) is 83.0 Å². The van der Waals surface area contributed by atoms with Gasteiger partial charge in [-0.25, -0.2) is 4.79 Å². The molecule has 132 valence electrons. The number of morpholine rings is 1. The molecule has 0 aliphatic carbocycles. The molecule has 1 aliphatic rings. The quantitative estimate of drug-likeness (QED) is 0.904. The van der Waals surface area contributed by atoms with Gasteiger partial charge in [-0.3, -0.25) is 14.7 Å². The van der Waals surface area contributed by atoms with Crippen molar-refractivity contribution in [2.45, 2.75) is 38.8 Å². The third kappa shape index (κ3) is 4.44. The van der Waals surface area contributed by atoms with Crippen molar-refractivity contribution < 1.29 is 19.4 Å². The molecule has 1 N–H and O–H groups in total. The van der Waals surface area contributed by atoms with Gasteiger partial charge in [0.05, 0.1) is 13.2 Å². The van der Waals surface area contributed by atoms with Crippen molar-refractivity contribution in [1.29, 1.82) is 0 Å². The number of carbonyl (C=O) groups is 2. The third-order valence-electron chi connectivity index (χ3n) is 4.00. The Bertz CT molecular complexity index is 565. The SMILES string of the molecule is CC(C)(C)N(C(=O)O)[C@@H](Cc1cccnc1)C(=O)N1CCOCC1. The summed E-state index contributed by atoms with van der Waals surface area (Å²) in [5, 5.41) is 9.72. The molecule has 2 rings (SSSR count). The van der Waals surface area contributed by atoms with E-state index in [1.807, 2.05) is 6.07 Å². The zero-order valence-corrected chi connectivity index (χ0v) is 14.4. The van der Waals surface area contributed by atoms with E-state index < -0.39 is 17.7 Å². The maximum atomic E-state index is 13.0. The highest BCUT2D eigenvalue weighted by molar-refractivity contribution is 5.86. The molecule has 1 aliphatic heterocycles. The van der Waals surface area contributed by atoms with Gasteiger partial charge >= 0.3 is 6.09 Å². The molecule has 2 heterocycles. The first kappa shape index (κ1) is 18.2. The molecule has 7 nitrogen and oxygen atoms in total. The second-order valence-corrected chi connectivity index (χ2v) is 6.84. The van der Waals surface area contributed by atoms with Crippen LogP contribution in [0.15, 0.2) is 24.5 Å². The summed E-state index contributed by atoms with van der Waals surface area (Å²) in [5.41, 5.74) is 0.139. The van der Waals surface area contributed by atoms with Crippen LogP contribution in [0.1, 0.15) is 26.3 Å². The molecule has 0 saturated carbocycles. The third-order valence-corrected chi connectivity index (χ3v) is 4.00. The summed E-state index contributed by atoms with van der Waals surface area (Å²) in [4.78, 5) is 31.9. The molecule has 2 amide bonds. The van der Waals surface area contributed by atoms with E-state index in [1.165, 1.54) is 4.90 Å². The van der Waals surface area contributed by atoms with Crippen LogP contribution in [-0.2, 0) is 16.0 Å². The lowest BCUT2D eigenvalue weighted by Crippen LogP contribution is -2.59. The Labute approximate surface area is 142 Å². The normalized spacial score (nSPS) is 16.5. The molecule has 0 unspecified atom stereocenters. The molecule has 0 bridgehead atoms. The second-order valence-electron chi connectivity index (χ2n) is 6.84. The first-order chi connectivity index (χ1) is 11.3. The smallest absolute Gasteiger partial charge is 0.408 e. The molecule has 1 fully saturated rings. The number of hydrogen-bond acceptors (Lipinski definition) is 4. The van der Waals surface area contributed by atoms with Crippen LogP contribution in [0, 0.1) is 0 Å². The Hall–Kier alpha value is -2.15. The maximum Gasteiger partial charge on any atom is 0.408 e. The highest BCUT2D eigenvalue weighted by Gasteiger charge is 2.39. The van der Waals surface area contributed by atoms with Crippen LogP contribution >= 0.6 is 0 Å². The fraction of sp³-hybridized carbons (Fsp3) is 0.588. The van der Waals surface area contributed by atoms with Gasteiger partial charge in [0.1, 0.15) is 6.04 Å². The summed E-state index contributed by atoms with van der Waals surface area (Å²) in [6, 6.07) is 2.85. The number of ether oxygens (including phenoxy) is 1. The summed E-state index contributed by atoms with van der Waals surface area (Å²) < 4.78 is 5.29. The van der Waals surface area contributed by atoms with E-state index in [9.17, 15) is 14.7 Å². The van der Waals surface area contributed by atoms with Gasteiger partial charge in [0.15, 0.2) is 0 Å². The highest BCUT2D eigenvalue weighted by atomic mass is 16.5. The molecule has 0 radical (unpaired) electrons. The minimum atomic E-state index is -1.10. The maximum absolute atomic E-state index is 13.0. The Morgan fingerprint density at radius 3 is 2.54 bits per heavy atom. The largest absolute Gasteiger partial charge is 0.465 e. The minimum Gasteiger partial charge on any atom is -0.465 e. The van der Waals surface area contributed by atoms with Gasteiger partial charge in [-0.05, 0) is 32.4 Å². The van der Waals surface area contributed by atoms with E-state index >= 15 is 0 Å². The number of hydrogen-bond donors (Lipinski definition) is 1. The Balaban J connectivity index is 2.32. The molecule has 1 aromatic heterocycles. The molecule has 1 atom stereocenters. The first-order valence-corrected chi connectivity index (χ1v) is 8.08. The summed E-state index contributed by atoms with van der Waals surface area (Å²) in [6.07, 6.45) is 2.52. The van der Waals surface area contributed by atoms with Crippen molar-refractivity contribution in [2.24, 2.45) is 0 Å². The zero-order valence-electron chi connectivity index (χ0n) is 14.4. The molecule has 1 aromatic rings. The minimum absolute atomic E-state index is 0.181. The van der Waals surface area contributed by atoms with E-state index in [2.05, 4.69) is 4.98 Å². The molecule has 0 aromatic carbocycles. The Morgan fingerprint density at radius 1 is 1.38 bits per heavy atom. The summed E-state index contributed by atoms with van der Waals surface area (Å²) in [5.74, 6) is -0.181. The fourth-order valence-electron chi connectivity index (χ4n) is 2.91. The van der Waals surface area contributed by atoms with Gasteiger partial charge in [0.2, 0.25) is 5.91 Å². The Kier molecular flexibility index (Phi) is 5.77. The van der Waals surface area contributed by atoms with E-state index in [1.54, 1.807) is 44.1 Å². The summed E-state index contributed by atoms with van der Waals surface area (Å²) in [7, 11) is 0. The van der Waals surface area contributed by atoms with Crippen molar-refractivity contribution >= 4 is 12.0 Å². The van der Waals surface area contributed by atoms with Crippen LogP contribution in [0.4, 0.5) is 4.79 Å². The van der Waals surface area contributed by atoms with Gasteiger partial charge in [0.25, 0.3) is 0 Å². The number of carbonyl (C=O) groups excluding carboxylic acids is 1. The van der Waals surface area contributed by atoms with E-state index in [0.29, 0.717) is 32.7 Å². The first-order valence-electron chi connectivity index (χ1n) is 8.08. The highest BCUT2D eigenvalue weighted by Crippen LogP contribution is 2.22. The summed E-state index contributed by atoms with van der Waals surface area (Å²) in [6.45, 7) is 7.32. The van der Waals surface area contributed by atoms with Gasteiger partial charge in [0, 0.05) is 37.4 Å². The van der Waals surface area contributed by atoms with Crippen molar-refractivity contribution in [2.75, 3.05) is 26.3 Å². The van der Waals surface area contributed by atoms with E-state index in [4.69, 9.17) is 4.74 Å². The van der Waals surface area contributed by atoms with Crippen LogP contribution in [0.25, 0.3) is 0 Å². The van der Waals surface area contributed by atoms with Crippen LogP contribution in [0.5, 0.6) is 0 Å². The number of nitrogens with zero attached hydrogens (tertiary/aromatic N) is 3. The van der Waals surface area contributed by atoms with Gasteiger partial charge in [-0.1, -0.05) is 6.07 Å². The molecule has 24 heavy (non-hydrogen) atoms. The van der Waals surface area contributed by atoms with Crippen LogP contribution in [-0.4, -0.2) is 69.8 Å². The molecule has 1 saturated heterocycles. The van der Waals surface area contributed by atoms with E-state index in [0.717, 1.165) is 5.56 Å². The number of rotatable bonds is 4.